The van der Waals surface area contributed by atoms with Gasteiger partial charge in [-0.1, -0.05) is 22.9 Å². The Hall–Kier alpha value is -1.34. The molecular formula is C14H14BrNO2. The maximum absolute atomic E-state index is 11.8. The SMILES string of the molecule is [C-]#[N+]C1(c2cc(Br)ccc2C(=O)OC)CC1CC. The van der Waals surface area contributed by atoms with Gasteiger partial charge in [-0.15, -0.1) is 0 Å². The first-order valence-corrected chi connectivity index (χ1v) is 6.65. The number of rotatable bonds is 3. The molecule has 18 heavy (non-hydrogen) atoms. The van der Waals surface area contributed by atoms with Crippen molar-refractivity contribution in [3.8, 4) is 0 Å². The third-order valence-electron chi connectivity index (χ3n) is 3.62. The predicted molar refractivity (Wildman–Crippen MR) is 72.2 cm³/mol. The summed E-state index contributed by atoms with van der Waals surface area (Å²) in [6.45, 7) is 9.54. The number of carbonyl (C=O) groups is 1. The second-order valence-electron chi connectivity index (χ2n) is 4.53. The number of carbonyl (C=O) groups excluding carboxylic acids is 1. The van der Waals surface area contributed by atoms with Gasteiger partial charge in [-0.3, -0.25) is 0 Å². The molecule has 0 radical (unpaired) electrons. The van der Waals surface area contributed by atoms with Crippen LogP contribution in [0.25, 0.3) is 4.85 Å². The second kappa shape index (κ2) is 4.74. The van der Waals surface area contributed by atoms with E-state index in [2.05, 4.69) is 27.7 Å². The molecule has 0 bridgehead atoms. The van der Waals surface area contributed by atoms with Crippen LogP contribution in [0.4, 0.5) is 0 Å². The average Bonchev–Trinajstić information content (AvgIpc) is 3.12. The third-order valence-corrected chi connectivity index (χ3v) is 4.11. The van der Waals surface area contributed by atoms with E-state index in [1.807, 2.05) is 6.07 Å². The normalized spacial score (nSPS) is 25.3. The lowest BCUT2D eigenvalue weighted by atomic mass is 9.96. The Morgan fingerprint density at radius 2 is 2.39 bits per heavy atom. The van der Waals surface area contributed by atoms with Crippen molar-refractivity contribution in [2.75, 3.05) is 7.11 Å². The van der Waals surface area contributed by atoms with Crippen LogP contribution in [0, 0.1) is 12.5 Å². The van der Waals surface area contributed by atoms with E-state index < -0.39 is 5.54 Å². The number of hydrogen-bond acceptors (Lipinski definition) is 2. The zero-order chi connectivity index (χ0) is 13.3. The molecule has 1 saturated carbocycles. The van der Waals surface area contributed by atoms with Crippen LogP contribution < -0.4 is 0 Å². The van der Waals surface area contributed by atoms with Crippen LogP contribution in [0.3, 0.4) is 0 Å². The van der Waals surface area contributed by atoms with E-state index in [-0.39, 0.29) is 5.97 Å². The van der Waals surface area contributed by atoms with Crippen LogP contribution >= 0.6 is 15.9 Å². The molecule has 0 aromatic heterocycles. The summed E-state index contributed by atoms with van der Waals surface area (Å²) in [5, 5.41) is 0. The smallest absolute Gasteiger partial charge is 0.338 e. The Kier molecular flexibility index (Phi) is 3.45. The van der Waals surface area contributed by atoms with Gasteiger partial charge in [0.05, 0.1) is 18.2 Å². The monoisotopic (exact) mass is 307 g/mol. The van der Waals surface area contributed by atoms with Crippen molar-refractivity contribution in [3.05, 3.63) is 45.2 Å². The van der Waals surface area contributed by atoms with E-state index in [9.17, 15) is 4.79 Å². The van der Waals surface area contributed by atoms with Crippen LogP contribution in [-0.4, -0.2) is 13.1 Å². The quantitative estimate of drug-likeness (QED) is 0.628. The molecule has 0 spiro atoms. The number of hydrogen-bond donors (Lipinski definition) is 0. The summed E-state index contributed by atoms with van der Waals surface area (Å²) in [4.78, 5) is 15.6. The van der Waals surface area contributed by atoms with Crippen molar-refractivity contribution in [1.29, 1.82) is 0 Å². The van der Waals surface area contributed by atoms with Gasteiger partial charge in [0.1, 0.15) is 0 Å². The first-order valence-electron chi connectivity index (χ1n) is 5.86. The second-order valence-corrected chi connectivity index (χ2v) is 5.44. The molecule has 2 atom stereocenters. The van der Waals surface area contributed by atoms with Gasteiger partial charge in [0, 0.05) is 16.8 Å². The molecule has 0 amide bonds. The highest BCUT2D eigenvalue weighted by atomic mass is 79.9. The van der Waals surface area contributed by atoms with Gasteiger partial charge < -0.3 is 9.58 Å². The number of ether oxygens (including phenoxy) is 1. The molecule has 2 rings (SSSR count). The summed E-state index contributed by atoms with van der Waals surface area (Å²) in [5.74, 6) is -0.0324. The van der Waals surface area contributed by atoms with E-state index in [4.69, 9.17) is 11.3 Å². The molecular weight excluding hydrogens is 294 g/mol. The molecule has 0 aliphatic heterocycles. The van der Waals surface area contributed by atoms with Gasteiger partial charge in [-0.2, -0.15) is 0 Å². The summed E-state index contributed by atoms with van der Waals surface area (Å²) in [6.07, 6.45) is 1.78. The topological polar surface area (TPSA) is 30.7 Å². The maximum atomic E-state index is 11.8. The van der Waals surface area contributed by atoms with E-state index >= 15 is 0 Å². The number of esters is 1. The van der Waals surface area contributed by atoms with Crippen LogP contribution in [0.5, 0.6) is 0 Å². The zero-order valence-electron chi connectivity index (χ0n) is 10.4. The van der Waals surface area contributed by atoms with Crippen molar-refractivity contribution < 1.29 is 9.53 Å². The van der Waals surface area contributed by atoms with E-state index in [0.29, 0.717) is 11.5 Å². The van der Waals surface area contributed by atoms with Gasteiger partial charge in [0.25, 0.3) is 5.54 Å². The first-order chi connectivity index (χ1) is 8.58. The molecule has 0 heterocycles. The Morgan fingerprint density at radius 1 is 1.67 bits per heavy atom. The van der Waals surface area contributed by atoms with E-state index in [0.717, 1.165) is 22.9 Å². The van der Waals surface area contributed by atoms with Gasteiger partial charge >= 0.3 is 5.97 Å². The lowest BCUT2D eigenvalue weighted by Gasteiger charge is -2.11. The Bertz CT molecular complexity index is 535. The Labute approximate surface area is 115 Å². The lowest BCUT2D eigenvalue weighted by Crippen LogP contribution is -2.13. The molecule has 1 aliphatic rings. The maximum Gasteiger partial charge on any atom is 0.338 e. The molecule has 3 nitrogen and oxygen atoms in total. The largest absolute Gasteiger partial charge is 0.465 e. The summed E-state index contributed by atoms with van der Waals surface area (Å²) >= 11 is 3.40. The van der Waals surface area contributed by atoms with Crippen LogP contribution in [0.15, 0.2) is 22.7 Å². The summed E-state index contributed by atoms with van der Waals surface area (Å²) < 4.78 is 5.68. The molecule has 1 aromatic carbocycles. The Balaban J connectivity index is 2.53. The van der Waals surface area contributed by atoms with Crippen molar-refractivity contribution in [2.24, 2.45) is 5.92 Å². The fraction of sp³-hybridized carbons (Fsp3) is 0.429. The molecule has 2 unspecified atom stereocenters. The summed E-state index contributed by atoms with van der Waals surface area (Å²) in [5.41, 5.74) is 0.778. The highest BCUT2D eigenvalue weighted by molar-refractivity contribution is 9.10. The standard InChI is InChI=1S/C14H14BrNO2/c1-4-9-8-14(9,16-2)12-7-10(15)5-6-11(12)13(17)18-3/h5-7,9H,4,8H2,1,3H3. The predicted octanol–water partition coefficient (Wildman–Crippen LogP) is 3.78. The fourth-order valence-electron chi connectivity index (χ4n) is 2.49. The minimum Gasteiger partial charge on any atom is -0.465 e. The molecule has 4 heteroatoms. The van der Waals surface area contributed by atoms with Crippen molar-refractivity contribution in [2.45, 2.75) is 25.3 Å². The fourth-order valence-corrected chi connectivity index (χ4v) is 2.85. The molecule has 1 fully saturated rings. The Morgan fingerprint density at radius 3 is 2.89 bits per heavy atom. The van der Waals surface area contributed by atoms with Crippen LogP contribution in [-0.2, 0) is 10.3 Å². The first kappa shape index (κ1) is 13.1. The van der Waals surface area contributed by atoms with Crippen LogP contribution in [0.2, 0.25) is 0 Å². The molecule has 1 aliphatic carbocycles. The minimum atomic E-state index is -0.526. The molecule has 94 valence electrons. The van der Waals surface area contributed by atoms with Gasteiger partial charge in [0.2, 0.25) is 0 Å². The zero-order valence-corrected chi connectivity index (χ0v) is 12.0. The van der Waals surface area contributed by atoms with Crippen molar-refractivity contribution in [1.82, 2.24) is 0 Å². The highest BCUT2D eigenvalue weighted by Gasteiger charge is 2.63. The van der Waals surface area contributed by atoms with Crippen molar-refractivity contribution in [3.63, 3.8) is 0 Å². The van der Waals surface area contributed by atoms with Crippen LogP contribution in [0.1, 0.15) is 35.7 Å². The van der Waals surface area contributed by atoms with Gasteiger partial charge in [0.15, 0.2) is 0 Å². The lowest BCUT2D eigenvalue weighted by molar-refractivity contribution is 0.0599. The third kappa shape index (κ3) is 1.93. The average molecular weight is 308 g/mol. The minimum absolute atomic E-state index is 0.340. The molecule has 1 aromatic rings. The molecule has 0 N–H and O–H groups in total. The highest BCUT2D eigenvalue weighted by Crippen LogP contribution is 2.58. The number of nitrogens with zero attached hydrogens (tertiary/aromatic N) is 1. The van der Waals surface area contributed by atoms with Crippen molar-refractivity contribution >= 4 is 21.9 Å². The molecule has 0 saturated heterocycles. The number of benzene rings is 1. The van der Waals surface area contributed by atoms with Gasteiger partial charge in [-0.05, 0) is 24.6 Å². The van der Waals surface area contributed by atoms with Gasteiger partial charge in [-0.25, -0.2) is 11.4 Å². The van der Waals surface area contributed by atoms with E-state index in [1.165, 1.54) is 7.11 Å². The summed E-state index contributed by atoms with van der Waals surface area (Å²) in [7, 11) is 1.36. The number of methoxy groups -OCH3 is 1. The number of halogens is 1. The summed E-state index contributed by atoms with van der Waals surface area (Å²) in [6, 6.07) is 5.40. The van der Waals surface area contributed by atoms with E-state index in [1.54, 1.807) is 12.1 Å².